The molecule has 128 valence electrons. The molecule has 0 atom stereocenters. The number of rotatable bonds is 12. The third kappa shape index (κ3) is 24.0. The first-order valence-corrected chi connectivity index (χ1v) is 9.05. The molecular formula is C22H40. The van der Waals surface area contributed by atoms with Crippen molar-refractivity contribution < 1.29 is 0 Å². The molecule has 0 bridgehead atoms. The summed E-state index contributed by atoms with van der Waals surface area (Å²) in [5.74, 6) is 0. The van der Waals surface area contributed by atoms with Crippen LogP contribution in [-0.2, 0) is 0 Å². The van der Waals surface area contributed by atoms with Crippen LogP contribution in [0.1, 0.15) is 91.9 Å². The summed E-state index contributed by atoms with van der Waals surface area (Å²) in [6.07, 6.45) is 21.4. The lowest BCUT2D eigenvalue weighted by Gasteiger charge is -1.98. The molecule has 0 aliphatic rings. The number of unbranched alkanes of at least 4 members (excludes halogenated alkanes) is 7. The smallest absolute Gasteiger partial charge is 0.0323 e. The van der Waals surface area contributed by atoms with Crippen molar-refractivity contribution in [1.29, 1.82) is 0 Å². The van der Waals surface area contributed by atoms with Gasteiger partial charge in [-0.05, 0) is 79.1 Å². The predicted molar refractivity (Wildman–Crippen MR) is 105 cm³/mol. The number of allylic oxidation sites excluding steroid dienone is 6. The molecule has 0 amide bonds. The van der Waals surface area contributed by atoms with Crippen LogP contribution in [0.5, 0.6) is 0 Å². The summed E-state index contributed by atoms with van der Waals surface area (Å²) in [6.45, 7) is 16.0. The van der Waals surface area contributed by atoms with Gasteiger partial charge < -0.3 is 0 Å². The molecule has 0 heteroatoms. The predicted octanol–water partition coefficient (Wildman–Crippen LogP) is 8.18. The van der Waals surface area contributed by atoms with Crippen LogP contribution in [0.15, 0.2) is 48.6 Å². The van der Waals surface area contributed by atoms with Crippen molar-refractivity contribution in [3.8, 4) is 0 Å². The average molecular weight is 305 g/mol. The van der Waals surface area contributed by atoms with Gasteiger partial charge in [-0.1, -0.05) is 48.3 Å². The molecule has 0 rings (SSSR count). The van der Waals surface area contributed by atoms with Crippen molar-refractivity contribution >= 4 is 0 Å². The van der Waals surface area contributed by atoms with E-state index in [9.17, 15) is 0 Å². The average Bonchev–Trinajstić information content (AvgIpc) is 2.50. The van der Waals surface area contributed by atoms with Gasteiger partial charge >= 0.3 is 0 Å². The first-order chi connectivity index (χ1) is 10.6. The molecule has 0 spiro atoms. The van der Waals surface area contributed by atoms with E-state index in [0.29, 0.717) is 0 Å². The first kappa shape index (κ1) is 23.2. The Morgan fingerprint density at radius 1 is 0.727 bits per heavy atom. The van der Waals surface area contributed by atoms with Gasteiger partial charge in [0.05, 0.1) is 0 Å². The van der Waals surface area contributed by atoms with E-state index < -0.39 is 0 Å². The van der Waals surface area contributed by atoms with Crippen LogP contribution in [0.4, 0.5) is 0 Å². The Morgan fingerprint density at radius 2 is 1.23 bits per heavy atom. The van der Waals surface area contributed by atoms with Crippen LogP contribution in [0.25, 0.3) is 0 Å². The van der Waals surface area contributed by atoms with Gasteiger partial charge in [-0.15, -0.1) is 13.2 Å². The highest BCUT2D eigenvalue weighted by Crippen LogP contribution is 2.09. The molecule has 0 aliphatic carbocycles. The first-order valence-electron chi connectivity index (χ1n) is 9.05. The highest BCUT2D eigenvalue weighted by molar-refractivity contribution is 4.94. The normalized spacial score (nSPS) is 10.5. The van der Waals surface area contributed by atoms with Gasteiger partial charge in [0, 0.05) is 0 Å². The van der Waals surface area contributed by atoms with E-state index in [0.717, 1.165) is 0 Å². The quantitative estimate of drug-likeness (QED) is 0.252. The van der Waals surface area contributed by atoms with E-state index in [4.69, 9.17) is 0 Å². The minimum Gasteiger partial charge on any atom is -0.103 e. The SMILES string of the molecule is C=CCCCCCC(C)=CC.C=CCCCCCC=C(C)C. The van der Waals surface area contributed by atoms with Crippen molar-refractivity contribution in [3.63, 3.8) is 0 Å². The van der Waals surface area contributed by atoms with Crippen LogP contribution in [-0.4, -0.2) is 0 Å². The van der Waals surface area contributed by atoms with Crippen LogP contribution in [0, 0.1) is 0 Å². The fourth-order valence-electron chi connectivity index (χ4n) is 2.01. The zero-order valence-electron chi connectivity index (χ0n) is 15.8. The molecule has 0 nitrogen and oxygen atoms in total. The van der Waals surface area contributed by atoms with Gasteiger partial charge in [0.2, 0.25) is 0 Å². The molecule has 0 aromatic rings. The lowest BCUT2D eigenvalue weighted by atomic mass is 10.1. The molecule has 0 heterocycles. The van der Waals surface area contributed by atoms with Gasteiger partial charge in [-0.3, -0.25) is 0 Å². The summed E-state index contributed by atoms with van der Waals surface area (Å²) in [7, 11) is 0. The Labute approximate surface area is 141 Å². The monoisotopic (exact) mass is 304 g/mol. The van der Waals surface area contributed by atoms with Gasteiger partial charge in [-0.2, -0.15) is 0 Å². The second kappa shape index (κ2) is 20.0. The Bertz CT molecular complexity index is 300. The second-order valence-electron chi connectivity index (χ2n) is 6.23. The zero-order valence-corrected chi connectivity index (χ0v) is 15.8. The fourth-order valence-corrected chi connectivity index (χ4v) is 2.01. The summed E-state index contributed by atoms with van der Waals surface area (Å²) in [4.78, 5) is 0. The lowest BCUT2D eigenvalue weighted by molar-refractivity contribution is 0.684. The van der Waals surface area contributed by atoms with Crippen LogP contribution in [0.3, 0.4) is 0 Å². The maximum absolute atomic E-state index is 3.70. The summed E-state index contributed by atoms with van der Waals surface area (Å²) in [6, 6.07) is 0. The maximum Gasteiger partial charge on any atom is -0.0323 e. The minimum absolute atomic E-state index is 1.18. The van der Waals surface area contributed by atoms with E-state index in [1.54, 1.807) is 0 Å². The summed E-state index contributed by atoms with van der Waals surface area (Å²) < 4.78 is 0. The number of hydrogen-bond donors (Lipinski definition) is 0. The van der Waals surface area contributed by atoms with E-state index >= 15 is 0 Å². The van der Waals surface area contributed by atoms with E-state index in [2.05, 4.69) is 53.0 Å². The van der Waals surface area contributed by atoms with E-state index in [1.807, 2.05) is 12.2 Å². The van der Waals surface area contributed by atoms with Gasteiger partial charge in [-0.25, -0.2) is 0 Å². The number of hydrogen-bond acceptors (Lipinski definition) is 0. The molecule has 0 unspecified atom stereocenters. The fraction of sp³-hybridized carbons (Fsp3) is 0.636. The molecule has 0 saturated heterocycles. The Kier molecular flexibility index (Phi) is 21.1. The van der Waals surface area contributed by atoms with Gasteiger partial charge in [0.25, 0.3) is 0 Å². The lowest BCUT2D eigenvalue weighted by Crippen LogP contribution is -1.78. The molecule has 0 N–H and O–H groups in total. The molecule has 22 heavy (non-hydrogen) atoms. The summed E-state index contributed by atoms with van der Waals surface area (Å²) in [5, 5.41) is 0. The Morgan fingerprint density at radius 3 is 1.68 bits per heavy atom. The Balaban J connectivity index is 0. The highest BCUT2D eigenvalue weighted by Gasteiger charge is 1.89. The third-order valence-corrected chi connectivity index (χ3v) is 3.64. The standard InChI is InChI=1S/2C11H20/c1-4-5-6-7-8-9-10-11(2)3;1-4-6-7-8-9-10-11(3)5-2/h4,10H,1,5-9H2,2-3H3;4-5H,1,6-10H2,2-3H3. The second-order valence-corrected chi connectivity index (χ2v) is 6.23. The molecule has 0 radical (unpaired) electrons. The minimum atomic E-state index is 1.18. The van der Waals surface area contributed by atoms with Gasteiger partial charge in [0.1, 0.15) is 0 Å². The van der Waals surface area contributed by atoms with Crippen molar-refractivity contribution in [1.82, 2.24) is 0 Å². The summed E-state index contributed by atoms with van der Waals surface area (Å²) in [5.41, 5.74) is 2.96. The third-order valence-electron chi connectivity index (χ3n) is 3.64. The van der Waals surface area contributed by atoms with Crippen molar-refractivity contribution in [2.45, 2.75) is 91.9 Å². The van der Waals surface area contributed by atoms with E-state index in [-0.39, 0.29) is 0 Å². The van der Waals surface area contributed by atoms with Gasteiger partial charge in [0.15, 0.2) is 0 Å². The zero-order chi connectivity index (χ0) is 17.1. The topological polar surface area (TPSA) is 0 Å². The molecule has 0 aromatic carbocycles. The molecule has 0 aliphatic heterocycles. The maximum atomic E-state index is 3.70. The van der Waals surface area contributed by atoms with Crippen molar-refractivity contribution in [2.24, 2.45) is 0 Å². The molecular weight excluding hydrogens is 264 g/mol. The molecule has 0 fully saturated rings. The van der Waals surface area contributed by atoms with Crippen LogP contribution in [0.2, 0.25) is 0 Å². The summed E-state index contributed by atoms with van der Waals surface area (Å²) >= 11 is 0. The largest absolute Gasteiger partial charge is 0.103 e. The Hall–Kier alpha value is -1.04. The van der Waals surface area contributed by atoms with E-state index in [1.165, 1.54) is 75.4 Å². The molecule has 0 saturated carbocycles. The molecule has 0 aromatic heterocycles. The van der Waals surface area contributed by atoms with Crippen molar-refractivity contribution in [2.75, 3.05) is 0 Å². The van der Waals surface area contributed by atoms with Crippen molar-refractivity contribution in [3.05, 3.63) is 48.6 Å². The van der Waals surface area contributed by atoms with Crippen LogP contribution < -0.4 is 0 Å². The highest BCUT2D eigenvalue weighted by atomic mass is 14.0. The van der Waals surface area contributed by atoms with Crippen LogP contribution >= 0.6 is 0 Å².